The summed E-state index contributed by atoms with van der Waals surface area (Å²) in [7, 11) is -2.14. The Kier molecular flexibility index (Phi) is 5.15. The summed E-state index contributed by atoms with van der Waals surface area (Å²) in [6, 6.07) is 8.00. The number of aromatic nitrogens is 1. The highest BCUT2D eigenvalue weighted by Gasteiger charge is 2.40. The van der Waals surface area contributed by atoms with E-state index >= 15 is 0 Å². The molecule has 0 aliphatic carbocycles. The van der Waals surface area contributed by atoms with Crippen LogP contribution in [0.1, 0.15) is 24.2 Å². The van der Waals surface area contributed by atoms with Gasteiger partial charge in [0.2, 0.25) is 20.8 Å². The van der Waals surface area contributed by atoms with Crippen LogP contribution in [0.25, 0.3) is 0 Å². The Hall–Kier alpha value is -2.19. The summed E-state index contributed by atoms with van der Waals surface area (Å²) in [5.74, 6) is 0.312. The molecule has 2 aromatic rings. The highest BCUT2D eigenvalue weighted by atomic mass is 32.2. The monoisotopic (exact) mass is 377 g/mol. The fourth-order valence-electron chi connectivity index (χ4n) is 3.33. The molecule has 1 aliphatic heterocycles. The molecule has 1 aromatic carbocycles. The fraction of sp³-hybridized carbons (Fsp3) is 0.444. The van der Waals surface area contributed by atoms with Gasteiger partial charge in [0.15, 0.2) is 0 Å². The van der Waals surface area contributed by atoms with Crippen molar-refractivity contribution in [2.45, 2.75) is 36.1 Å². The molecule has 3 rings (SSSR count). The lowest BCUT2D eigenvalue weighted by molar-refractivity contribution is -0.131. The number of sulfone groups is 1. The first-order valence-electron chi connectivity index (χ1n) is 8.58. The lowest BCUT2D eigenvalue weighted by Gasteiger charge is -2.35. The van der Waals surface area contributed by atoms with Crippen molar-refractivity contribution in [3.05, 3.63) is 41.7 Å². The number of rotatable bonds is 5. The number of hydrogen-bond acceptors (Lipinski definition) is 6. The molecule has 1 amide bonds. The Labute approximate surface area is 153 Å². The van der Waals surface area contributed by atoms with Crippen molar-refractivity contribution in [1.82, 2.24) is 15.8 Å². The SMILES string of the molecule is CNC(=O)C1(Cc2cc(S(=O)(=O)c3ccc(C)cc3)no2)CCCNC1. The second-order valence-electron chi connectivity index (χ2n) is 6.76. The third-order valence-corrected chi connectivity index (χ3v) is 6.47. The minimum absolute atomic E-state index is 0.0796. The number of nitrogens with one attached hydrogen (secondary N) is 2. The van der Waals surface area contributed by atoms with Crippen molar-refractivity contribution in [1.29, 1.82) is 0 Å². The lowest BCUT2D eigenvalue weighted by Crippen LogP contribution is -2.51. The molecule has 1 aromatic heterocycles. The van der Waals surface area contributed by atoms with Gasteiger partial charge in [-0.25, -0.2) is 8.42 Å². The maximum atomic E-state index is 12.7. The fourth-order valence-corrected chi connectivity index (χ4v) is 4.49. The van der Waals surface area contributed by atoms with Crippen molar-refractivity contribution in [2.75, 3.05) is 20.1 Å². The number of benzene rings is 1. The summed E-state index contributed by atoms with van der Waals surface area (Å²) in [6.45, 7) is 3.27. The van der Waals surface area contributed by atoms with Crippen LogP contribution >= 0.6 is 0 Å². The van der Waals surface area contributed by atoms with Crippen LogP contribution in [-0.4, -0.2) is 39.6 Å². The normalized spacial score (nSPS) is 20.7. The molecular weight excluding hydrogens is 354 g/mol. The van der Waals surface area contributed by atoms with Gasteiger partial charge in [0, 0.05) is 26.1 Å². The quantitative estimate of drug-likeness (QED) is 0.818. The van der Waals surface area contributed by atoms with Crippen molar-refractivity contribution >= 4 is 15.7 Å². The van der Waals surface area contributed by atoms with Crippen LogP contribution in [0.15, 0.2) is 44.8 Å². The minimum atomic E-state index is -3.74. The first kappa shape index (κ1) is 18.6. The molecule has 8 heteroatoms. The van der Waals surface area contributed by atoms with Crippen molar-refractivity contribution in [2.24, 2.45) is 5.41 Å². The van der Waals surface area contributed by atoms with E-state index in [2.05, 4.69) is 15.8 Å². The van der Waals surface area contributed by atoms with E-state index in [1.807, 2.05) is 6.92 Å². The van der Waals surface area contributed by atoms with Gasteiger partial charge in [-0.15, -0.1) is 0 Å². The largest absolute Gasteiger partial charge is 0.360 e. The molecular formula is C18H23N3O4S. The molecule has 26 heavy (non-hydrogen) atoms. The average Bonchev–Trinajstić information content (AvgIpc) is 3.11. The van der Waals surface area contributed by atoms with Gasteiger partial charge < -0.3 is 15.2 Å². The third kappa shape index (κ3) is 3.52. The number of nitrogens with zero attached hydrogens (tertiary/aromatic N) is 1. The topological polar surface area (TPSA) is 101 Å². The lowest BCUT2D eigenvalue weighted by atomic mass is 9.76. The standard InChI is InChI=1S/C18H23N3O4S/c1-13-4-6-15(7-5-13)26(23,24)16-10-14(25-21-16)11-18(17(22)19-2)8-3-9-20-12-18/h4-7,10,20H,3,8-9,11-12H2,1-2H3,(H,19,22). The third-order valence-electron chi connectivity index (χ3n) is 4.84. The zero-order valence-electron chi connectivity index (χ0n) is 14.9. The number of hydrogen-bond donors (Lipinski definition) is 2. The van der Waals surface area contributed by atoms with Crippen LogP contribution in [0.3, 0.4) is 0 Å². The van der Waals surface area contributed by atoms with Gasteiger partial charge in [-0.05, 0) is 38.4 Å². The highest BCUT2D eigenvalue weighted by molar-refractivity contribution is 7.91. The molecule has 2 N–H and O–H groups in total. The van der Waals surface area contributed by atoms with Crippen molar-refractivity contribution < 1.29 is 17.7 Å². The molecule has 1 atom stereocenters. The van der Waals surface area contributed by atoms with E-state index in [4.69, 9.17) is 4.52 Å². The highest BCUT2D eigenvalue weighted by Crippen LogP contribution is 2.32. The maximum Gasteiger partial charge on any atom is 0.227 e. The Morgan fingerprint density at radius 1 is 1.35 bits per heavy atom. The smallest absolute Gasteiger partial charge is 0.227 e. The first-order valence-corrected chi connectivity index (χ1v) is 10.1. The van der Waals surface area contributed by atoms with Gasteiger partial charge in [-0.3, -0.25) is 4.79 Å². The number of amides is 1. The van der Waals surface area contributed by atoms with Gasteiger partial charge in [0.1, 0.15) is 5.76 Å². The zero-order valence-corrected chi connectivity index (χ0v) is 15.7. The van der Waals surface area contributed by atoms with E-state index in [1.54, 1.807) is 31.3 Å². The van der Waals surface area contributed by atoms with Gasteiger partial charge in [0.25, 0.3) is 0 Å². The zero-order chi connectivity index (χ0) is 18.8. The van der Waals surface area contributed by atoms with Crippen LogP contribution in [-0.2, 0) is 21.1 Å². The van der Waals surface area contributed by atoms with Gasteiger partial charge in [-0.2, -0.15) is 0 Å². The predicted molar refractivity (Wildman–Crippen MR) is 95.4 cm³/mol. The van der Waals surface area contributed by atoms with Crippen LogP contribution in [0, 0.1) is 12.3 Å². The van der Waals surface area contributed by atoms with E-state index in [9.17, 15) is 13.2 Å². The molecule has 0 saturated carbocycles. The van der Waals surface area contributed by atoms with Crippen LogP contribution in [0.2, 0.25) is 0 Å². The van der Waals surface area contributed by atoms with Gasteiger partial charge in [0.05, 0.1) is 10.3 Å². The molecule has 1 aliphatic rings. The summed E-state index contributed by atoms with van der Waals surface area (Å²) in [6.07, 6.45) is 1.88. The Balaban J connectivity index is 1.87. The maximum absolute atomic E-state index is 12.7. The van der Waals surface area contributed by atoms with E-state index in [1.165, 1.54) is 6.07 Å². The minimum Gasteiger partial charge on any atom is -0.360 e. The van der Waals surface area contributed by atoms with Crippen molar-refractivity contribution in [3.8, 4) is 0 Å². The molecule has 0 radical (unpaired) electrons. The number of aryl methyl sites for hydroxylation is 1. The van der Waals surface area contributed by atoms with Gasteiger partial charge >= 0.3 is 0 Å². The second kappa shape index (κ2) is 7.20. The molecule has 0 bridgehead atoms. The summed E-state index contributed by atoms with van der Waals surface area (Å²) in [5, 5.41) is 9.56. The molecule has 1 unspecified atom stereocenters. The molecule has 140 valence electrons. The Morgan fingerprint density at radius 2 is 2.08 bits per heavy atom. The van der Waals surface area contributed by atoms with Crippen LogP contribution < -0.4 is 10.6 Å². The van der Waals surface area contributed by atoms with E-state index in [0.717, 1.165) is 18.5 Å². The number of piperidine rings is 1. The summed E-state index contributed by atoms with van der Waals surface area (Å²) in [5.41, 5.74) is 0.319. The molecule has 1 fully saturated rings. The van der Waals surface area contributed by atoms with E-state index in [0.29, 0.717) is 25.1 Å². The second-order valence-corrected chi connectivity index (χ2v) is 8.66. The van der Waals surface area contributed by atoms with Crippen LogP contribution in [0.4, 0.5) is 0 Å². The number of carbonyl (C=O) groups is 1. The summed E-state index contributed by atoms with van der Waals surface area (Å²) >= 11 is 0. The van der Waals surface area contributed by atoms with Crippen molar-refractivity contribution in [3.63, 3.8) is 0 Å². The predicted octanol–water partition coefficient (Wildman–Crippen LogP) is 1.47. The molecule has 2 heterocycles. The molecule has 7 nitrogen and oxygen atoms in total. The summed E-state index contributed by atoms with van der Waals surface area (Å²) < 4.78 is 30.7. The van der Waals surface area contributed by atoms with Gasteiger partial charge in [-0.1, -0.05) is 22.9 Å². The summed E-state index contributed by atoms with van der Waals surface area (Å²) in [4.78, 5) is 12.6. The Bertz CT molecular complexity index is 881. The van der Waals surface area contributed by atoms with Crippen LogP contribution in [0.5, 0.6) is 0 Å². The van der Waals surface area contributed by atoms with E-state index in [-0.39, 0.29) is 15.8 Å². The average molecular weight is 377 g/mol. The Morgan fingerprint density at radius 3 is 2.69 bits per heavy atom. The van der Waals surface area contributed by atoms with E-state index < -0.39 is 15.3 Å². The first-order chi connectivity index (χ1) is 12.4. The molecule has 1 saturated heterocycles. The number of carbonyl (C=O) groups excluding carboxylic acids is 1. The molecule has 0 spiro atoms.